The molecule has 0 aromatic heterocycles. The first-order chi connectivity index (χ1) is 8.77. The third kappa shape index (κ3) is 3.05. The van der Waals surface area contributed by atoms with E-state index in [1.807, 2.05) is 44.0 Å². The summed E-state index contributed by atoms with van der Waals surface area (Å²) in [5.41, 5.74) is 3.26. The van der Waals surface area contributed by atoms with E-state index < -0.39 is 0 Å². The maximum Gasteiger partial charge on any atom is 0.204 e. The monoisotopic (exact) mass is 261 g/mol. The Morgan fingerprint density at radius 1 is 0.895 bits per heavy atom. The van der Waals surface area contributed by atoms with E-state index in [-0.39, 0.29) is 11.9 Å². The fraction of sp³-hybridized carbons (Fsp3) is 0.429. The third-order valence-corrected chi connectivity index (χ3v) is 3.15. The van der Waals surface area contributed by atoms with Crippen molar-refractivity contribution in [3.63, 3.8) is 0 Å². The third-order valence-electron chi connectivity index (χ3n) is 3.15. The van der Waals surface area contributed by atoms with Gasteiger partial charge in [0.1, 0.15) is 0 Å². The van der Waals surface area contributed by atoms with Gasteiger partial charge in [-0.05, 0) is 25.0 Å². The van der Waals surface area contributed by atoms with Crippen molar-refractivity contribution < 1.29 is 0 Å². The molecular weight excluding hydrogens is 238 g/mol. The number of hydrogen-bond acceptors (Lipinski definition) is 2. The molecule has 104 valence electrons. The molecule has 0 aliphatic carbocycles. The summed E-state index contributed by atoms with van der Waals surface area (Å²) in [4.78, 5) is 5.03. The smallest absolute Gasteiger partial charge is 0.204 e. The van der Waals surface area contributed by atoms with Gasteiger partial charge < -0.3 is 9.80 Å². The van der Waals surface area contributed by atoms with Crippen molar-refractivity contribution in [2.24, 2.45) is 0 Å². The molecule has 0 aliphatic rings. The number of aryl methyl sites for hydroxylation is 2. The lowest BCUT2D eigenvalue weighted by atomic mass is 10.1. The number of nitrogens with zero attached hydrogens (tertiary/aromatic N) is 3. The predicted octanol–water partition coefficient (Wildman–Crippen LogP) is 2.10. The SMILES string of the molecule is Cc1cccc(C)c1N(C)C(=N)N(C)C(=N)N(C)C. The molecule has 0 bridgehead atoms. The van der Waals surface area contributed by atoms with Crippen LogP contribution in [-0.4, -0.2) is 49.9 Å². The summed E-state index contributed by atoms with van der Waals surface area (Å²) in [5.74, 6) is 0.555. The van der Waals surface area contributed by atoms with Crippen molar-refractivity contribution in [1.29, 1.82) is 10.8 Å². The minimum Gasteiger partial charge on any atom is -0.349 e. The van der Waals surface area contributed by atoms with E-state index in [4.69, 9.17) is 10.8 Å². The Labute approximate surface area is 115 Å². The van der Waals surface area contributed by atoms with Crippen LogP contribution in [0.4, 0.5) is 5.69 Å². The molecule has 0 aliphatic heterocycles. The van der Waals surface area contributed by atoms with Crippen LogP contribution in [0.15, 0.2) is 18.2 Å². The van der Waals surface area contributed by atoms with Crippen LogP contribution in [0.25, 0.3) is 0 Å². The van der Waals surface area contributed by atoms with E-state index in [1.165, 1.54) is 0 Å². The lowest BCUT2D eigenvalue weighted by Gasteiger charge is -2.32. The zero-order chi connectivity index (χ0) is 14.7. The highest BCUT2D eigenvalue weighted by Crippen LogP contribution is 2.23. The van der Waals surface area contributed by atoms with Crippen LogP contribution < -0.4 is 4.90 Å². The van der Waals surface area contributed by atoms with E-state index >= 15 is 0 Å². The minimum absolute atomic E-state index is 0.274. The lowest BCUT2D eigenvalue weighted by molar-refractivity contribution is 0.520. The van der Waals surface area contributed by atoms with Gasteiger partial charge in [0.05, 0.1) is 0 Å². The second kappa shape index (κ2) is 5.73. The Bertz CT molecular complexity index is 472. The number of benzene rings is 1. The van der Waals surface area contributed by atoms with Crippen molar-refractivity contribution in [2.75, 3.05) is 33.1 Å². The molecule has 2 N–H and O–H groups in total. The van der Waals surface area contributed by atoms with Crippen LogP contribution in [0.1, 0.15) is 11.1 Å². The van der Waals surface area contributed by atoms with Crippen LogP contribution in [0, 0.1) is 24.7 Å². The van der Waals surface area contributed by atoms with E-state index in [0.717, 1.165) is 16.8 Å². The van der Waals surface area contributed by atoms with Crippen molar-refractivity contribution in [3.05, 3.63) is 29.3 Å². The molecule has 1 aromatic carbocycles. The lowest BCUT2D eigenvalue weighted by Crippen LogP contribution is -2.47. The van der Waals surface area contributed by atoms with Crippen molar-refractivity contribution in [3.8, 4) is 0 Å². The molecule has 0 amide bonds. The van der Waals surface area contributed by atoms with Crippen molar-refractivity contribution in [2.45, 2.75) is 13.8 Å². The predicted molar refractivity (Wildman–Crippen MR) is 81.2 cm³/mol. The van der Waals surface area contributed by atoms with Gasteiger partial charge in [-0.2, -0.15) is 0 Å². The van der Waals surface area contributed by atoms with Crippen LogP contribution in [0.2, 0.25) is 0 Å². The van der Waals surface area contributed by atoms with Crippen LogP contribution in [0.3, 0.4) is 0 Å². The molecular formula is C14H23N5. The fourth-order valence-electron chi connectivity index (χ4n) is 2.07. The highest BCUT2D eigenvalue weighted by atomic mass is 15.4. The highest BCUT2D eigenvalue weighted by Gasteiger charge is 2.19. The fourth-order valence-corrected chi connectivity index (χ4v) is 2.07. The number of rotatable bonds is 1. The Morgan fingerprint density at radius 2 is 1.37 bits per heavy atom. The van der Waals surface area contributed by atoms with E-state index in [9.17, 15) is 0 Å². The normalized spacial score (nSPS) is 10.0. The molecule has 0 heterocycles. The van der Waals surface area contributed by atoms with E-state index in [0.29, 0.717) is 0 Å². The number of hydrogen-bond donors (Lipinski definition) is 2. The van der Waals surface area contributed by atoms with E-state index in [1.54, 1.807) is 30.9 Å². The first-order valence-corrected chi connectivity index (χ1v) is 6.15. The highest BCUT2D eigenvalue weighted by molar-refractivity contribution is 6.04. The summed E-state index contributed by atoms with van der Waals surface area (Å²) in [6, 6.07) is 6.07. The van der Waals surface area contributed by atoms with E-state index in [2.05, 4.69) is 0 Å². The summed E-state index contributed by atoms with van der Waals surface area (Å²) < 4.78 is 0. The van der Waals surface area contributed by atoms with Gasteiger partial charge in [-0.15, -0.1) is 0 Å². The molecule has 0 fully saturated rings. The quantitative estimate of drug-likeness (QED) is 0.601. The van der Waals surface area contributed by atoms with Crippen molar-refractivity contribution >= 4 is 17.6 Å². The number of para-hydroxylation sites is 1. The molecule has 0 atom stereocenters. The molecule has 5 heteroatoms. The molecule has 0 saturated carbocycles. The standard InChI is InChI=1S/C14H23N5/c1-10-8-7-9-11(2)12(10)18(5)14(16)19(6)13(15)17(3)4/h7-9,15-16H,1-6H3. The van der Waals surface area contributed by atoms with Gasteiger partial charge in [-0.1, -0.05) is 18.2 Å². The zero-order valence-corrected chi connectivity index (χ0v) is 12.6. The van der Waals surface area contributed by atoms with Gasteiger partial charge in [-0.25, -0.2) is 0 Å². The molecule has 5 nitrogen and oxygen atoms in total. The topological polar surface area (TPSA) is 57.4 Å². The molecule has 19 heavy (non-hydrogen) atoms. The minimum atomic E-state index is 0.274. The molecule has 0 unspecified atom stereocenters. The van der Waals surface area contributed by atoms with Gasteiger partial charge in [0, 0.05) is 33.9 Å². The first-order valence-electron chi connectivity index (χ1n) is 6.15. The van der Waals surface area contributed by atoms with Crippen molar-refractivity contribution in [1.82, 2.24) is 9.80 Å². The Morgan fingerprint density at radius 3 is 1.79 bits per heavy atom. The number of anilines is 1. The molecule has 1 rings (SSSR count). The maximum absolute atomic E-state index is 8.24. The van der Waals surface area contributed by atoms with Gasteiger partial charge in [0.2, 0.25) is 5.96 Å². The Hall–Kier alpha value is -2.04. The molecule has 1 aromatic rings. The summed E-state index contributed by atoms with van der Waals surface area (Å²) in [6.45, 7) is 4.06. The first kappa shape index (κ1) is 15.0. The van der Waals surface area contributed by atoms with Crippen LogP contribution in [0.5, 0.6) is 0 Å². The maximum atomic E-state index is 8.24. The average Bonchev–Trinajstić information content (AvgIpc) is 2.35. The second-order valence-corrected chi connectivity index (χ2v) is 4.90. The molecule has 0 radical (unpaired) electrons. The summed E-state index contributed by atoms with van der Waals surface area (Å²) in [5, 5.41) is 16.2. The van der Waals surface area contributed by atoms with Crippen LogP contribution in [-0.2, 0) is 0 Å². The Balaban J connectivity index is 3.04. The van der Waals surface area contributed by atoms with Gasteiger partial charge in [0.15, 0.2) is 5.96 Å². The van der Waals surface area contributed by atoms with Gasteiger partial charge >= 0.3 is 0 Å². The molecule has 0 spiro atoms. The van der Waals surface area contributed by atoms with Gasteiger partial charge in [0.25, 0.3) is 0 Å². The Kier molecular flexibility index (Phi) is 4.53. The zero-order valence-electron chi connectivity index (χ0n) is 12.6. The van der Waals surface area contributed by atoms with Crippen LogP contribution >= 0.6 is 0 Å². The summed E-state index contributed by atoms with van der Waals surface area (Å²) >= 11 is 0. The average molecular weight is 261 g/mol. The number of guanidine groups is 2. The molecule has 0 saturated heterocycles. The van der Waals surface area contributed by atoms with Gasteiger partial charge in [-0.3, -0.25) is 15.7 Å². The summed E-state index contributed by atoms with van der Waals surface area (Å²) in [7, 11) is 7.18. The summed E-state index contributed by atoms with van der Waals surface area (Å²) in [6.07, 6.45) is 0. The largest absolute Gasteiger partial charge is 0.349 e. The number of nitrogens with one attached hydrogen (secondary N) is 2. The second-order valence-electron chi connectivity index (χ2n) is 4.90.